The average molecular weight is 771 g/mol. The van der Waals surface area contributed by atoms with Gasteiger partial charge in [-0.3, -0.25) is 9.36 Å². The fourth-order valence-corrected chi connectivity index (χ4v) is 8.25. The van der Waals surface area contributed by atoms with Crippen LogP contribution in [0.4, 0.5) is 8.78 Å². The van der Waals surface area contributed by atoms with E-state index in [-0.39, 0.29) is 22.8 Å². The minimum atomic E-state index is -4.42. The monoisotopic (exact) mass is 769 g/mol. The molecule has 15 heteroatoms. The van der Waals surface area contributed by atoms with E-state index in [1.165, 1.54) is 19.2 Å². The van der Waals surface area contributed by atoms with Crippen LogP contribution in [0.5, 0.6) is 5.75 Å². The SMILES string of the molecule is COc1cc(C(C)(C)c2cnc(SCc3c(F)cc(S(=O)(=O)N[C@@H](CCCC[N+](C)(C)C)C(=O)O)cc3Cl)n2-c2ccc(F)cc2)ccc1Cl. The average Bonchev–Trinajstić information content (AvgIpc) is 3.46. The lowest BCUT2D eigenvalue weighted by molar-refractivity contribution is -0.870. The van der Waals surface area contributed by atoms with E-state index in [1.807, 2.05) is 51.7 Å². The van der Waals surface area contributed by atoms with E-state index >= 15 is 4.39 Å². The Morgan fingerprint density at radius 1 is 1.06 bits per heavy atom. The molecule has 0 spiro atoms. The normalized spacial score (nSPS) is 13.0. The van der Waals surface area contributed by atoms with Crippen LogP contribution in [0, 0.1) is 11.6 Å². The molecule has 0 amide bonds. The summed E-state index contributed by atoms with van der Waals surface area (Å²) in [7, 11) is 3.14. The van der Waals surface area contributed by atoms with Crippen molar-refractivity contribution in [3.05, 3.63) is 99.3 Å². The molecule has 0 radical (unpaired) electrons. The maximum atomic E-state index is 15.6. The molecule has 0 bridgehead atoms. The van der Waals surface area contributed by atoms with Gasteiger partial charge in [-0.25, -0.2) is 22.2 Å². The highest BCUT2D eigenvalue weighted by atomic mass is 35.5. The molecule has 0 aliphatic carbocycles. The number of aliphatic carboxylic acids is 1. The van der Waals surface area contributed by atoms with E-state index in [4.69, 9.17) is 27.9 Å². The molecular weight excluding hydrogens is 729 g/mol. The Bertz CT molecular complexity index is 1930. The van der Waals surface area contributed by atoms with Gasteiger partial charge in [-0.15, -0.1) is 0 Å². The van der Waals surface area contributed by atoms with Crippen LogP contribution in [0.25, 0.3) is 5.69 Å². The Kier molecular flexibility index (Phi) is 12.7. The first-order chi connectivity index (χ1) is 23.3. The number of ether oxygens (including phenoxy) is 1. The summed E-state index contributed by atoms with van der Waals surface area (Å²) < 4.78 is 66.0. The Morgan fingerprint density at radius 2 is 1.74 bits per heavy atom. The van der Waals surface area contributed by atoms with Gasteiger partial charge >= 0.3 is 5.97 Å². The summed E-state index contributed by atoms with van der Waals surface area (Å²) >= 11 is 13.9. The first-order valence-electron chi connectivity index (χ1n) is 15.7. The largest absolute Gasteiger partial charge is 0.495 e. The smallest absolute Gasteiger partial charge is 0.321 e. The van der Waals surface area contributed by atoms with Gasteiger partial charge in [-0.05, 0) is 73.4 Å². The number of nitrogens with zero attached hydrogens (tertiary/aromatic N) is 3. The van der Waals surface area contributed by atoms with Crippen molar-refractivity contribution in [2.24, 2.45) is 0 Å². The van der Waals surface area contributed by atoms with Crippen LogP contribution in [-0.4, -0.2) is 74.4 Å². The van der Waals surface area contributed by atoms with E-state index in [2.05, 4.69) is 9.71 Å². The number of carboxylic acid groups (broad SMARTS) is 1. The number of sulfonamides is 1. The fourth-order valence-electron chi connectivity index (χ4n) is 5.35. The van der Waals surface area contributed by atoms with Crippen molar-refractivity contribution in [3.63, 3.8) is 0 Å². The number of imidazole rings is 1. The molecule has 4 rings (SSSR count). The Labute approximate surface area is 306 Å². The second kappa shape index (κ2) is 16.0. The predicted octanol–water partition coefficient (Wildman–Crippen LogP) is 7.69. The second-order valence-electron chi connectivity index (χ2n) is 13.4. The number of rotatable bonds is 16. The highest BCUT2D eigenvalue weighted by molar-refractivity contribution is 7.98. The number of benzene rings is 3. The summed E-state index contributed by atoms with van der Waals surface area (Å²) in [6.07, 6.45) is 2.95. The standard InChI is InChI=1S/C35H40Cl2F2N4O5S2/c1-35(2,22-10-15-27(36)31(17-22)48-6)32-20-40-34(42(32)24-13-11-23(38)12-14-24)49-21-26-28(37)18-25(19-29(26)39)50(46,47)41-30(33(44)45)9-7-8-16-43(3,4)5/h10-15,17-20,30,41H,7-9,16,21H2,1-6H3/p+1/t30-/m0/s1. The van der Waals surface area contributed by atoms with Crippen LogP contribution >= 0.6 is 35.0 Å². The quantitative estimate of drug-likeness (QED) is 0.0683. The number of aromatic nitrogens is 2. The summed E-state index contributed by atoms with van der Waals surface area (Å²) in [6, 6.07) is 11.9. The molecule has 4 aromatic rings. The van der Waals surface area contributed by atoms with Gasteiger partial charge in [0, 0.05) is 27.4 Å². The number of hydrogen-bond acceptors (Lipinski definition) is 6. The molecule has 0 fully saturated rings. The molecule has 1 heterocycles. The molecule has 0 saturated carbocycles. The lowest BCUT2D eigenvalue weighted by Crippen LogP contribution is -2.41. The summed E-state index contributed by atoms with van der Waals surface area (Å²) in [4.78, 5) is 16.0. The van der Waals surface area contributed by atoms with Crippen LogP contribution in [-0.2, 0) is 26.0 Å². The van der Waals surface area contributed by atoms with Crippen molar-refractivity contribution in [1.29, 1.82) is 0 Å². The van der Waals surface area contributed by atoms with Crippen molar-refractivity contribution in [3.8, 4) is 11.4 Å². The van der Waals surface area contributed by atoms with E-state index in [9.17, 15) is 22.7 Å². The van der Waals surface area contributed by atoms with Crippen molar-refractivity contribution in [2.45, 2.75) is 60.4 Å². The zero-order valence-electron chi connectivity index (χ0n) is 28.6. The van der Waals surface area contributed by atoms with Gasteiger partial charge in [0.25, 0.3) is 0 Å². The third-order valence-electron chi connectivity index (χ3n) is 8.27. The maximum Gasteiger partial charge on any atom is 0.321 e. The van der Waals surface area contributed by atoms with E-state index in [0.29, 0.717) is 38.9 Å². The van der Waals surface area contributed by atoms with Gasteiger partial charge in [-0.2, -0.15) is 4.72 Å². The molecule has 2 N–H and O–H groups in total. The zero-order chi connectivity index (χ0) is 37.0. The lowest BCUT2D eigenvalue weighted by atomic mass is 9.81. The Balaban J connectivity index is 1.61. The number of methoxy groups -OCH3 is 1. The first kappa shape index (κ1) is 39.6. The lowest BCUT2D eigenvalue weighted by Gasteiger charge is -2.28. The molecule has 9 nitrogen and oxygen atoms in total. The Hall–Kier alpha value is -3.20. The van der Waals surface area contributed by atoms with Crippen LogP contribution in [0.2, 0.25) is 10.0 Å². The molecule has 0 aliphatic rings. The van der Waals surface area contributed by atoms with Crippen LogP contribution in [0.15, 0.2) is 70.8 Å². The third-order valence-corrected chi connectivity index (χ3v) is 11.3. The minimum Gasteiger partial charge on any atom is -0.495 e. The van der Waals surface area contributed by atoms with Crippen molar-refractivity contribution in [2.75, 3.05) is 34.8 Å². The number of quaternary nitrogens is 1. The van der Waals surface area contributed by atoms with Gasteiger partial charge in [0.2, 0.25) is 10.0 Å². The molecule has 3 aromatic carbocycles. The first-order valence-corrected chi connectivity index (χ1v) is 18.9. The minimum absolute atomic E-state index is 0.0302. The van der Waals surface area contributed by atoms with E-state index < -0.39 is 44.0 Å². The van der Waals surface area contributed by atoms with Crippen molar-refractivity contribution >= 4 is 51.0 Å². The molecule has 0 saturated heterocycles. The van der Waals surface area contributed by atoms with Gasteiger partial charge in [0.1, 0.15) is 23.4 Å². The second-order valence-corrected chi connectivity index (χ2v) is 16.9. The van der Waals surface area contributed by atoms with Crippen molar-refractivity contribution in [1.82, 2.24) is 14.3 Å². The zero-order valence-corrected chi connectivity index (χ0v) is 31.8. The van der Waals surface area contributed by atoms with E-state index in [1.54, 1.807) is 24.4 Å². The van der Waals surface area contributed by atoms with Gasteiger partial charge < -0.3 is 14.3 Å². The number of nitrogens with one attached hydrogen (secondary N) is 1. The summed E-state index contributed by atoms with van der Waals surface area (Å²) in [5, 5.41) is 10.4. The number of unbranched alkanes of at least 4 members (excludes halogenated alkanes) is 1. The predicted molar refractivity (Wildman–Crippen MR) is 193 cm³/mol. The molecule has 0 aliphatic heterocycles. The highest BCUT2D eigenvalue weighted by Gasteiger charge is 2.31. The van der Waals surface area contributed by atoms with Gasteiger partial charge in [0.15, 0.2) is 5.16 Å². The summed E-state index contributed by atoms with van der Waals surface area (Å²) in [6.45, 7) is 4.77. The van der Waals surface area contributed by atoms with Crippen LogP contribution in [0.1, 0.15) is 49.9 Å². The number of hydrogen-bond donors (Lipinski definition) is 2. The molecule has 270 valence electrons. The number of thioether (sulfide) groups is 1. The third kappa shape index (κ3) is 9.56. The number of carboxylic acids is 1. The number of halogens is 4. The maximum absolute atomic E-state index is 15.6. The fraction of sp³-hybridized carbons (Fsp3) is 0.371. The van der Waals surface area contributed by atoms with Crippen molar-refractivity contribution < 1.29 is 36.3 Å². The topological polar surface area (TPSA) is 111 Å². The van der Waals surface area contributed by atoms with Gasteiger partial charge in [-0.1, -0.05) is 54.9 Å². The highest BCUT2D eigenvalue weighted by Crippen LogP contribution is 2.40. The van der Waals surface area contributed by atoms with E-state index in [0.717, 1.165) is 41.7 Å². The Morgan fingerprint density at radius 3 is 2.34 bits per heavy atom. The molecular formula is C35H41Cl2F2N4O5S2+. The summed E-state index contributed by atoms with van der Waals surface area (Å²) in [5.41, 5.74) is 1.58. The summed E-state index contributed by atoms with van der Waals surface area (Å²) in [5.74, 6) is -2.16. The number of carbonyl (C=O) groups is 1. The molecule has 1 aromatic heterocycles. The van der Waals surface area contributed by atoms with Gasteiger partial charge in [0.05, 0.1) is 56.6 Å². The molecule has 1 atom stereocenters. The molecule has 0 unspecified atom stereocenters. The molecule has 50 heavy (non-hydrogen) atoms. The van der Waals surface area contributed by atoms with Crippen LogP contribution < -0.4 is 9.46 Å². The van der Waals surface area contributed by atoms with Crippen LogP contribution in [0.3, 0.4) is 0 Å².